The summed E-state index contributed by atoms with van der Waals surface area (Å²) in [5.74, 6) is 1.62. The molecule has 158 valence electrons. The van der Waals surface area contributed by atoms with Crippen molar-refractivity contribution in [2.45, 2.75) is 32.0 Å². The van der Waals surface area contributed by atoms with E-state index in [0.717, 1.165) is 22.2 Å². The van der Waals surface area contributed by atoms with Gasteiger partial charge in [-0.3, -0.25) is 9.36 Å². The Morgan fingerprint density at radius 3 is 2.73 bits per heavy atom. The smallest absolute Gasteiger partial charge is 0.230 e. The minimum Gasteiger partial charge on any atom is -0.497 e. The van der Waals surface area contributed by atoms with Crippen molar-refractivity contribution in [3.8, 4) is 17.2 Å². The molecule has 1 heterocycles. The van der Waals surface area contributed by atoms with Gasteiger partial charge in [-0.05, 0) is 56.2 Å². The third-order valence-corrected chi connectivity index (χ3v) is 6.02. The summed E-state index contributed by atoms with van der Waals surface area (Å²) in [4.78, 5) is 17.0. The Kier molecular flexibility index (Phi) is 7.05. The maximum absolute atomic E-state index is 12.6. The summed E-state index contributed by atoms with van der Waals surface area (Å²) in [6.07, 6.45) is 3.68. The molecule has 0 saturated heterocycles. The van der Waals surface area contributed by atoms with Gasteiger partial charge < -0.3 is 14.8 Å². The molecule has 0 aliphatic carbocycles. The van der Waals surface area contributed by atoms with Gasteiger partial charge in [-0.2, -0.15) is 0 Å². The average Bonchev–Trinajstić information content (AvgIpc) is 3.22. The Morgan fingerprint density at radius 1 is 1.20 bits per heavy atom. The minimum atomic E-state index is -0.220. The van der Waals surface area contributed by atoms with Crippen LogP contribution in [-0.2, 0) is 4.79 Å². The molecule has 7 heteroatoms. The van der Waals surface area contributed by atoms with Gasteiger partial charge >= 0.3 is 0 Å². The maximum Gasteiger partial charge on any atom is 0.230 e. The molecule has 0 radical (unpaired) electrons. The number of amides is 1. The van der Waals surface area contributed by atoms with Crippen molar-refractivity contribution < 1.29 is 14.3 Å². The predicted octanol–water partition coefficient (Wildman–Crippen LogP) is 4.48. The number of benzene rings is 2. The summed E-state index contributed by atoms with van der Waals surface area (Å²) in [7, 11) is 3.23. The van der Waals surface area contributed by atoms with Crippen LogP contribution in [0.3, 0.4) is 0 Å². The van der Waals surface area contributed by atoms with Gasteiger partial charge in [0.05, 0.1) is 31.7 Å². The van der Waals surface area contributed by atoms with Crippen LogP contribution in [-0.4, -0.2) is 35.4 Å². The third-order valence-electron chi connectivity index (χ3n) is 5.06. The number of rotatable bonds is 8. The van der Waals surface area contributed by atoms with E-state index in [1.807, 2.05) is 42.0 Å². The van der Waals surface area contributed by atoms with Crippen molar-refractivity contribution >= 4 is 17.7 Å². The summed E-state index contributed by atoms with van der Waals surface area (Å²) >= 11 is 1.41. The molecule has 30 heavy (non-hydrogen) atoms. The molecule has 3 aromatic rings. The Balaban J connectivity index is 1.68. The van der Waals surface area contributed by atoms with E-state index in [2.05, 4.69) is 36.3 Å². The Morgan fingerprint density at radius 2 is 2.00 bits per heavy atom. The van der Waals surface area contributed by atoms with E-state index < -0.39 is 0 Å². The van der Waals surface area contributed by atoms with Crippen molar-refractivity contribution in [3.05, 3.63) is 65.5 Å². The maximum atomic E-state index is 12.6. The Bertz CT molecular complexity index is 1030. The van der Waals surface area contributed by atoms with Crippen LogP contribution in [0, 0.1) is 13.8 Å². The molecule has 1 amide bonds. The van der Waals surface area contributed by atoms with Crippen LogP contribution in [0.4, 0.5) is 0 Å². The number of hydrogen-bond acceptors (Lipinski definition) is 5. The van der Waals surface area contributed by atoms with Gasteiger partial charge in [0.25, 0.3) is 0 Å². The van der Waals surface area contributed by atoms with Crippen LogP contribution >= 0.6 is 11.8 Å². The highest BCUT2D eigenvalue weighted by Crippen LogP contribution is 2.29. The second kappa shape index (κ2) is 9.71. The zero-order valence-corrected chi connectivity index (χ0v) is 18.7. The number of ether oxygens (including phenoxy) is 2. The highest BCUT2D eigenvalue weighted by Gasteiger charge is 2.17. The van der Waals surface area contributed by atoms with Gasteiger partial charge in [0.2, 0.25) is 5.91 Å². The molecular weight excluding hydrogens is 398 g/mol. The number of carbonyl (C=O) groups excluding carboxylic acids is 1. The van der Waals surface area contributed by atoms with E-state index in [0.29, 0.717) is 5.75 Å². The Hall–Kier alpha value is -2.93. The van der Waals surface area contributed by atoms with Crippen LogP contribution in [0.25, 0.3) is 5.69 Å². The number of thioether (sulfide) groups is 1. The highest BCUT2D eigenvalue weighted by molar-refractivity contribution is 7.99. The molecule has 1 N–H and O–H groups in total. The molecule has 3 rings (SSSR count). The lowest BCUT2D eigenvalue weighted by Crippen LogP contribution is -2.28. The van der Waals surface area contributed by atoms with Gasteiger partial charge in [0, 0.05) is 18.0 Å². The van der Waals surface area contributed by atoms with E-state index in [9.17, 15) is 4.79 Å². The number of nitrogens with zero attached hydrogens (tertiary/aromatic N) is 2. The molecule has 0 aliphatic heterocycles. The summed E-state index contributed by atoms with van der Waals surface area (Å²) in [5, 5.41) is 3.81. The standard InChI is InChI=1S/C23H27N3O3S/c1-15-7-6-8-20(16(15)2)26-12-11-24-23(26)30-14-22(27)25-17(3)19-13-18(28-4)9-10-21(19)29-5/h6-13,17H,14H2,1-5H3,(H,25,27). The SMILES string of the molecule is COc1ccc(OC)c(C(C)NC(=O)CSc2nccn2-c2cccc(C)c2C)c1. The van der Waals surface area contributed by atoms with Crippen molar-refractivity contribution in [2.75, 3.05) is 20.0 Å². The van der Waals surface area contributed by atoms with Crippen LogP contribution in [0.15, 0.2) is 53.9 Å². The largest absolute Gasteiger partial charge is 0.497 e. The van der Waals surface area contributed by atoms with Crippen LogP contribution < -0.4 is 14.8 Å². The first-order valence-corrected chi connectivity index (χ1v) is 10.7. The van der Waals surface area contributed by atoms with Crippen molar-refractivity contribution in [1.29, 1.82) is 0 Å². The van der Waals surface area contributed by atoms with Crippen molar-refractivity contribution in [3.63, 3.8) is 0 Å². The quantitative estimate of drug-likeness (QED) is 0.539. The zero-order valence-electron chi connectivity index (χ0n) is 17.9. The number of aromatic nitrogens is 2. The predicted molar refractivity (Wildman–Crippen MR) is 120 cm³/mol. The zero-order chi connectivity index (χ0) is 21.7. The topological polar surface area (TPSA) is 65.4 Å². The molecule has 2 aromatic carbocycles. The molecular formula is C23H27N3O3S. The first-order chi connectivity index (χ1) is 14.4. The number of nitrogens with one attached hydrogen (secondary N) is 1. The fourth-order valence-electron chi connectivity index (χ4n) is 3.25. The number of imidazole rings is 1. The second-order valence-corrected chi connectivity index (χ2v) is 7.93. The molecule has 1 unspecified atom stereocenters. The molecule has 6 nitrogen and oxygen atoms in total. The monoisotopic (exact) mass is 425 g/mol. The van der Waals surface area contributed by atoms with E-state index in [-0.39, 0.29) is 17.7 Å². The highest BCUT2D eigenvalue weighted by atomic mass is 32.2. The third kappa shape index (κ3) is 4.79. The van der Waals surface area contributed by atoms with E-state index in [1.165, 1.54) is 22.9 Å². The minimum absolute atomic E-state index is 0.0760. The van der Waals surface area contributed by atoms with E-state index in [1.54, 1.807) is 20.4 Å². The summed E-state index contributed by atoms with van der Waals surface area (Å²) in [5.41, 5.74) is 4.36. The lowest BCUT2D eigenvalue weighted by Gasteiger charge is -2.18. The van der Waals surface area contributed by atoms with Crippen LogP contribution in [0.1, 0.15) is 29.7 Å². The van der Waals surface area contributed by atoms with Crippen LogP contribution in [0.5, 0.6) is 11.5 Å². The fourth-order valence-corrected chi connectivity index (χ4v) is 4.02. The number of carbonyl (C=O) groups is 1. The van der Waals surface area contributed by atoms with Gasteiger partial charge in [0.15, 0.2) is 5.16 Å². The first kappa shape index (κ1) is 21.8. The molecule has 0 fully saturated rings. The summed E-state index contributed by atoms with van der Waals surface area (Å²) in [6, 6.07) is 11.5. The van der Waals surface area contributed by atoms with Crippen molar-refractivity contribution in [1.82, 2.24) is 14.9 Å². The summed E-state index contributed by atoms with van der Waals surface area (Å²) < 4.78 is 12.7. The fraction of sp³-hybridized carbons (Fsp3) is 0.304. The molecule has 0 aliphatic rings. The van der Waals surface area contributed by atoms with E-state index in [4.69, 9.17) is 9.47 Å². The number of methoxy groups -OCH3 is 2. The van der Waals surface area contributed by atoms with E-state index >= 15 is 0 Å². The van der Waals surface area contributed by atoms with Gasteiger partial charge in [0.1, 0.15) is 11.5 Å². The van der Waals surface area contributed by atoms with Gasteiger partial charge in [-0.1, -0.05) is 23.9 Å². The molecule has 1 atom stereocenters. The molecule has 0 spiro atoms. The molecule has 0 bridgehead atoms. The number of aryl methyl sites for hydroxylation is 1. The Labute approximate surface area is 181 Å². The summed E-state index contributed by atoms with van der Waals surface area (Å²) in [6.45, 7) is 6.11. The van der Waals surface area contributed by atoms with Crippen molar-refractivity contribution in [2.24, 2.45) is 0 Å². The molecule has 1 aromatic heterocycles. The van der Waals surface area contributed by atoms with Gasteiger partial charge in [-0.25, -0.2) is 4.98 Å². The lowest BCUT2D eigenvalue weighted by atomic mass is 10.1. The lowest BCUT2D eigenvalue weighted by molar-refractivity contribution is -0.119. The second-order valence-electron chi connectivity index (χ2n) is 6.98. The first-order valence-electron chi connectivity index (χ1n) is 9.68. The molecule has 0 saturated carbocycles. The average molecular weight is 426 g/mol. The van der Waals surface area contributed by atoms with Gasteiger partial charge in [-0.15, -0.1) is 0 Å². The normalized spacial score (nSPS) is 11.8. The number of hydrogen-bond donors (Lipinski definition) is 1. The van der Waals surface area contributed by atoms with Crippen LogP contribution in [0.2, 0.25) is 0 Å².